The van der Waals surface area contributed by atoms with Gasteiger partial charge < -0.3 is 5.73 Å². The number of aromatic nitrogens is 3. The first-order valence-electron chi connectivity index (χ1n) is 8.88. The average molecular weight is 418 g/mol. The van der Waals surface area contributed by atoms with Crippen molar-refractivity contribution in [1.29, 1.82) is 0 Å². The molecule has 0 bridgehead atoms. The zero-order valence-electron chi connectivity index (χ0n) is 15.3. The second kappa shape index (κ2) is 6.91. The van der Waals surface area contributed by atoms with E-state index in [4.69, 9.17) is 5.73 Å². The maximum Gasteiger partial charge on any atom is 0.269 e. The van der Waals surface area contributed by atoms with E-state index < -0.39 is 0 Å². The number of pyridine rings is 2. The maximum atomic E-state index is 12.9. The predicted molar refractivity (Wildman–Crippen MR) is 120 cm³/mol. The van der Waals surface area contributed by atoms with E-state index in [1.54, 1.807) is 6.20 Å². The van der Waals surface area contributed by atoms with Gasteiger partial charge in [-0.2, -0.15) is 0 Å². The number of amides is 1. The van der Waals surface area contributed by atoms with E-state index in [1.165, 1.54) is 22.7 Å². The number of thiazole rings is 1. The Morgan fingerprint density at radius 3 is 2.69 bits per heavy atom. The molecule has 5 rings (SSSR count). The number of benzene rings is 1. The third-order valence-electron chi connectivity index (χ3n) is 4.57. The van der Waals surface area contributed by atoms with Crippen molar-refractivity contribution in [1.82, 2.24) is 15.0 Å². The monoisotopic (exact) mass is 417 g/mol. The number of nitrogens with zero attached hydrogens (tertiary/aromatic N) is 3. The highest BCUT2D eigenvalue weighted by molar-refractivity contribution is 7.23. The van der Waals surface area contributed by atoms with Crippen molar-refractivity contribution in [2.75, 3.05) is 11.1 Å². The van der Waals surface area contributed by atoms with Crippen molar-refractivity contribution >= 4 is 59.8 Å². The zero-order valence-corrected chi connectivity index (χ0v) is 17.0. The molecule has 1 aromatic carbocycles. The van der Waals surface area contributed by atoms with Gasteiger partial charge in [-0.3, -0.25) is 15.1 Å². The molecular formula is C21H15N5OS2. The molecule has 29 heavy (non-hydrogen) atoms. The van der Waals surface area contributed by atoms with Gasteiger partial charge in [0.05, 0.1) is 27.3 Å². The van der Waals surface area contributed by atoms with Crippen molar-refractivity contribution in [3.05, 3.63) is 65.2 Å². The number of hydrogen-bond donors (Lipinski definition) is 2. The number of carbonyl (C=O) groups is 1. The van der Waals surface area contributed by atoms with Gasteiger partial charge in [-0.05, 0) is 42.8 Å². The van der Waals surface area contributed by atoms with Gasteiger partial charge in [0, 0.05) is 11.6 Å². The summed E-state index contributed by atoms with van der Waals surface area (Å²) in [5.41, 5.74) is 10.2. The lowest BCUT2D eigenvalue weighted by Gasteiger charge is -2.00. The molecule has 0 atom stereocenters. The molecule has 4 aromatic heterocycles. The van der Waals surface area contributed by atoms with Crippen LogP contribution in [0, 0.1) is 6.92 Å². The Labute approximate surface area is 174 Å². The number of thiophene rings is 1. The van der Waals surface area contributed by atoms with Gasteiger partial charge in [-0.25, -0.2) is 9.97 Å². The van der Waals surface area contributed by atoms with Crippen LogP contribution in [0.15, 0.2) is 54.7 Å². The highest BCUT2D eigenvalue weighted by atomic mass is 32.1. The number of nitrogens with one attached hydrogen (secondary N) is 1. The van der Waals surface area contributed by atoms with Crippen LogP contribution in [0.4, 0.5) is 10.8 Å². The SMILES string of the molecule is Cc1cccc2sc(NC(=O)c3sc4nc(-c5ccccn5)ccc4c3N)nc12. The molecule has 0 aliphatic heterocycles. The lowest BCUT2D eigenvalue weighted by Crippen LogP contribution is -2.11. The van der Waals surface area contributed by atoms with Gasteiger partial charge in [0.2, 0.25) is 0 Å². The van der Waals surface area contributed by atoms with E-state index in [1.807, 2.05) is 55.5 Å². The summed E-state index contributed by atoms with van der Waals surface area (Å²) in [6, 6.07) is 15.4. The third kappa shape index (κ3) is 3.12. The van der Waals surface area contributed by atoms with E-state index in [0.717, 1.165) is 32.6 Å². The number of nitrogen functional groups attached to an aromatic ring is 1. The highest BCUT2D eigenvalue weighted by Crippen LogP contribution is 2.35. The van der Waals surface area contributed by atoms with Crippen molar-refractivity contribution in [2.24, 2.45) is 0 Å². The number of carbonyl (C=O) groups excluding carboxylic acids is 1. The minimum Gasteiger partial charge on any atom is -0.397 e. The Balaban J connectivity index is 1.49. The highest BCUT2D eigenvalue weighted by Gasteiger charge is 2.19. The largest absolute Gasteiger partial charge is 0.397 e. The van der Waals surface area contributed by atoms with E-state index in [0.29, 0.717) is 20.5 Å². The molecule has 0 radical (unpaired) electrons. The van der Waals surface area contributed by atoms with Gasteiger partial charge in [0.25, 0.3) is 5.91 Å². The number of fused-ring (bicyclic) bond motifs is 2. The second-order valence-corrected chi connectivity index (χ2v) is 8.53. The predicted octanol–water partition coefficient (Wildman–Crippen LogP) is 5.11. The van der Waals surface area contributed by atoms with Crippen LogP contribution in [0.3, 0.4) is 0 Å². The Kier molecular flexibility index (Phi) is 4.22. The summed E-state index contributed by atoms with van der Waals surface area (Å²) >= 11 is 2.71. The standard InChI is InChI=1S/C21H15N5OS2/c1-11-5-4-7-15-17(11)25-21(28-15)26-19(27)18-16(22)12-8-9-14(24-20(12)29-18)13-6-2-3-10-23-13/h2-10H,22H2,1H3,(H,25,26,27). The van der Waals surface area contributed by atoms with Crippen LogP contribution in [0.1, 0.15) is 15.2 Å². The Hall–Kier alpha value is -3.36. The summed E-state index contributed by atoms with van der Waals surface area (Å²) in [7, 11) is 0. The lowest BCUT2D eigenvalue weighted by molar-refractivity contribution is 0.103. The fourth-order valence-electron chi connectivity index (χ4n) is 3.12. The molecule has 0 saturated heterocycles. The topological polar surface area (TPSA) is 93.8 Å². The molecule has 0 aliphatic carbocycles. The van der Waals surface area contributed by atoms with Crippen molar-refractivity contribution in [3.8, 4) is 11.4 Å². The minimum absolute atomic E-state index is 0.276. The molecule has 0 aliphatic rings. The van der Waals surface area contributed by atoms with Gasteiger partial charge >= 0.3 is 0 Å². The number of rotatable bonds is 3. The molecule has 4 heterocycles. The molecule has 0 spiro atoms. The molecule has 0 fully saturated rings. The fraction of sp³-hybridized carbons (Fsp3) is 0.0476. The van der Waals surface area contributed by atoms with E-state index in [2.05, 4.69) is 20.3 Å². The van der Waals surface area contributed by atoms with Crippen molar-refractivity contribution in [2.45, 2.75) is 6.92 Å². The van der Waals surface area contributed by atoms with E-state index in [9.17, 15) is 4.79 Å². The van der Waals surface area contributed by atoms with Crippen molar-refractivity contribution < 1.29 is 4.79 Å². The molecule has 8 heteroatoms. The summed E-state index contributed by atoms with van der Waals surface area (Å²) in [4.78, 5) is 27.5. The second-order valence-electron chi connectivity index (χ2n) is 6.50. The number of hydrogen-bond acceptors (Lipinski definition) is 7. The maximum absolute atomic E-state index is 12.9. The van der Waals surface area contributed by atoms with Crippen LogP contribution in [-0.2, 0) is 0 Å². The fourth-order valence-corrected chi connectivity index (χ4v) is 5.04. The van der Waals surface area contributed by atoms with Gasteiger partial charge in [-0.15, -0.1) is 11.3 Å². The first-order chi connectivity index (χ1) is 14.1. The third-order valence-corrected chi connectivity index (χ3v) is 6.62. The Morgan fingerprint density at radius 2 is 1.90 bits per heavy atom. The summed E-state index contributed by atoms with van der Waals surface area (Å²) in [5.74, 6) is -0.276. The summed E-state index contributed by atoms with van der Waals surface area (Å²) < 4.78 is 1.03. The van der Waals surface area contributed by atoms with Crippen molar-refractivity contribution in [3.63, 3.8) is 0 Å². The van der Waals surface area contributed by atoms with Gasteiger partial charge in [0.15, 0.2) is 5.13 Å². The summed E-state index contributed by atoms with van der Waals surface area (Å²) in [5, 5.41) is 4.20. The molecule has 0 unspecified atom stereocenters. The molecule has 1 amide bonds. The summed E-state index contributed by atoms with van der Waals surface area (Å²) in [6.45, 7) is 2.00. The molecule has 0 saturated carbocycles. The number of para-hydroxylation sites is 1. The van der Waals surface area contributed by atoms with E-state index in [-0.39, 0.29) is 5.91 Å². The Morgan fingerprint density at radius 1 is 1.00 bits per heavy atom. The molecule has 5 aromatic rings. The summed E-state index contributed by atoms with van der Waals surface area (Å²) in [6.07, 6.45) is 1.72. The van der Waals surface area contributed by atoms with Crippen LogP contribution >= 0.6 is 22.7 Å². The van der Waals surface area contributed by atoms with Crippen LogP contribution in [0.5, 0.6) is 0 Å². The van der Waals surface area contributed by atoms with Crippen LogP contribution in [-0.4, -0.2) is 20.9 Å². The number of anilines is 2. The normalized spacial score (nSPS) is 11.2. The number of aryl methyl sites for hydroxylation is 1. The first-order valence-corrected chi connectivity index (χ1v) is 10.5. The molecule has 3 N–H and O–H groups in total. The van der Waals surface area contributed by atoms with Gasteiger partial charge in [0.1, 0.15) is 9.71 Å². The quantitative estimate of drug-likeness (QED) is 0.425. The van der Waals surface area contributed by atoms with Crippen LogP contribution in [0.25, 0.3) is 31.8 Å². The van der Waals surface area contributed by atoms with Crippen LogP contribution < -0.4 is 11.1 Å². The molecule has 6 nitrogen and oxygen atoms in total. The van der Waals surface area contributed by atoms with Crippen LogP contribution in [0.2, 0.25) is 0 Å². The molecule has 142 valence electrons. The number of nitrogens with two attached hydrogens (primary N) is 1. The minimum atomic E-state index is -0.276. The lowest BCUT2D eigenvalue weighted by atomic mass is 10.2. The first kappa shape index (κ1) is 17.7. The smallest absolute Gasteiger partial charge is 0.269 e. The molecular weight excluding hydrogens is 402 g/mol. The average Bonchev–Trinajstić information content (AvgIpc) is 3.30. The van der Waals surface area contributed by atoms with E-state index >= 15 is 0 Å². The van der Waals surface area contributed by atoms with Gasteiger partial charge in [-0.1, -0.05) is 29.5 Å². The zero-order chi connectivity index (χ0) is 20.0. The Bertz CT molecular complexity index is 1370.